The third-order valence-electron chi connectivity index (χ3n) is 4.23. The number of nitrogens with one attached hydrogen (secondary N) is 1. The van der Waals surface area contributed by atoms with E-state index in [1.54, 1.807) is 0 Å². The van der Waals surface area contributed by atoms with Crippen LogP contribution in [-0.2, 0) is 27.4 Å². The lowest BCUT2D eigenvalue weighted by atomic mass is 10.1. The quantitative estimate of drug-likeness (QED) is 0.575. The number of primary sulfonamides is 1. The van der Waals surface area contributed by atoms with E-state index in [-0.39, 0.29) is 22.8 Å². The number of alkyl halides is 3. The molecule has 0 atom stereocenters. The van der Waals surface area contributed by atoms with Crippen molar-refractivity contribution in [2.75, 3.05) is 5.32 Å². The second-order valence-corrected chi connectivity index (χ2v) is 8.48. The highest BCUT2D eigenvalue weighted by Gasteiger charge is 2.32. The number of aromatic nitrogens is 2. The van der Waals surface area contributed by atoms with Crippen molar-refractivity contribution < 1.29 is 26.4 Å². The molecular weight excluding hydrogens is 471 g/mol. The number of sulfonamides is 1. The molecule has 0 aliphatic heterocycles. The average molecular weight is 484 g/mol. The molecule has 0 spiro atoms. The van der Waals surface area contributed by atoms with E-state index in [2.05, 4.69) is 10.4 Å². The molecule has 2 aromatic carbocycles. The van der Waals surface area contributed by atoms with E-state index in [0.717, 1.165) is 16.8 Å². The van der Waals surface area contributed by atoms with Gasteiger partial charge in [-0.3, -0.25) is 4.79 Å². The van der Waals surface area contributed by atoms with E-state index >= 15 is 0 Å². The molecule has 0 radical (unpaired) electrons. The Morgan fingerprint density at radius 2 is 1.97 bits per heavy atom. The van der Waals surface area contributed by atoms with Gasteiger partial charge in [-0.15, -0.1) is 0 Å². The van der Waals surface area contributed by atoms with Crippen LogP contribution in [0.4, 0.5) is 18.9 Å². The minimum absolute atomic E-state index is 0.0264. The number of rotatable bonds is 5. The number of nitriles is 1. The molecule has 3 aromatic rings. The molecule has 0 saturated heterocycles. The molecular formula is C19H13ClF3N5O3S. The predicted molar refractivity (Wildman–Crippen MR) is 108 cm³/mol. The SMILES string of the molecule is N#Cc1ccc(Cl)c(CC(=O)Nc2ccc(-n3cc(C(F)(F)F)cn3)c(S(N)(=O)=O)c2)c1. The number of halogens is 4. The normalized spacial score (nSPS) is 11.8. The van der Waals surface area contributed by atoms with E-state index in [0.29, 0.717) is 23.5 Å². The summed E-state index contributed by atoms with van der Waals surface area (Å²) in [5.41, 5.74) is -0.603. The molecule has 8 nitrogen and oxygen atoms in total. The molecule has 0 unspecified atom stereocenters. The van der Waals surface area contributed by atoms with Crippen molar-refractivity contribution in [2.45, 2.75) is 17.5 Å². The van der Waals surface area contributed by atoms with Gasteiger partial charge in [0.25, 0.3) is 0 Å². The van der Waals surface area contributed by atoms with Crippen LogP contribution in [0.25, 0.3) is 5.69 Å². The van der Waals surface area contributed by atoms with Crippen LogP contribution in [0.2, 0.25) is 5.02 Å². The highest BCUT2D eigenvalue weighted by atomic mass is 35.5. The molecule has 166 valence electrons. The Morgan fingerprint density at radius 3 is 2.56 bits per heavy atom. The van der Waals surface area contributed by atoms with Crippen molar-refractivity contribution in [3.05, 3.63) is 70.5 Å². The Bertz CT molecular complexity index is 1350. The topological polar surface area (TPSA) is 131 Å². The lowest BCUT2D eigenvalue weighted by Gasteiger charge is -2.12. The second kappa shape index (κ2) is 8.62. The van der Waals surface area contributed by atoms with Crippen LogP contribution in [0.1, 0.15) is 16.7 Å². The van der Waals surface area contributed by atoms with Crippen LogP contribution in [-0.4, -0.2) is 24.1 Å². The number of nitrogens with two attached hydrogens (primary N) is 1. The van der Waals surface area contributed by atoms with Crippen LogP contribution in [0.3, 0.4) is 0 Å². The van der Waals surface area contributed by atoms with E-state index in [9.17, 15) is 26.4 Å². The largest absolute Gasteiger partial charge is 0.419 e. The first-order valence-corrected chi connectivity index (χ1v) is 10.6. The van der Waals surface area contributed by atoms with Crippen molar-refractivity contribution >= 4 is 33.2 Å². The van der Waals surface area contributed by atoms with E-state index < -0.39 is 32.6 Å². The summed E-state index contributed by atoms with van der Waals surface area (Å²) >= 11 is 6.03. The van der Waals surface area contributed by atoms with Gasteiger partial charge in [0.15, 0.2) is 0 Å². The standard InChI is InChI=1S/C19H13ClF3N5O3S/c20-15-3-1-11(8-24)5-12(15)6-18(29)27-14-2-4-16(17(7-14)32(25,30)31)28-10-13(9-26-28)19(21,22)23/h1-5,7,9-10H,6H2,(H,27,29)(H2,25,30,31). The van der Waals surface area contributed by atoms with E-state index in [1.807, 2.05) is 6.07 Å². The van der Waals surface area contributed by atoms with E-state index in [4.69, 9.17) is 22.0 Å². The number of nitrogens with zero attached hydrogens (tertiary/aromatic N) is 3. The van der Waals surface area contributed by atoms with Crippen LogP contribution in [0.5, 0.6) is 0 Å². The number of amides is 1. The zero-order valence-electron chi connectivity index (χ0n) is 15.9. The van der Waals surface area contributed by atoms with Gasteiger partial charge in [-0.25, -0.2) is 18.2 Å². The highest BCUT2D eigenvalue weighted by molar-refractivity contribution is 7.89. The van der Waals surface area contributed by atoms with Crippen molar-refractivity contribution in [3.8, 4) is 11.8 Å². The minimum Gasteiger partial charge on any atom is -0.326 e. The Kier molecular flexibility index (Phi) is 6.27. The zero-order valence-corrected chi connectivity index (χ0v) is 17.5. The maximum absolute atomic E-state index is 12.8. The van der Waals surface area contributed by atoms with E-state index in [1.165, 1.54) is 24.3 Å². The zero-order chi connectivity index (χ0) is 23.7. The maximum atomic E-state index is 12.8. The Labute approximate surface area is 185 Å². The summed E-state index contributed by atoms with van der Waals surface area (Å²) in [6, 6.07) is 9.77. The molecule has 0 aliphatic rings. The summed E-state index contributed by atoms with van der Waals surface area (Å²) in [6.07, 6.45) is -3.72. The maximum Gasteiger partial charge on any atom is 0.419 e. The van der Waals surface area contributed by atoms with Crippen molar-refractivity contribution in [2.24, 2.45) is 5.14 Å². The average Bonchev–Trinajstić information content (AvgIpc) is 3.19. The fraction of sp³-hybridized carbons (Fsp3) is 0.105. The van der Waals surface area contributed by atoms with Gasteiger partial charge in [-0.2, -0.15) is 23.5 Å². The predicted octanol–water partition coefficient (Wildman–Crippen LogP) is 3.24. The number of carbonyl (C=O) groups is 1. The number of benzene rings is 2. The summed E-state index contributed by atoms with van der Waals surface area (Å²) in [6.45, 7) is 0. The fourth-order valence-electron chi connectivity index (χ4n) is 2.77. The first-order valence-electron chi connectivity index (χ1n) is 8.66. The third-order valence-corrected chi connectivity index (χ3v) is 5.54. The van der Waals surface area contributed by atoms with Gasteiger partial charge in [-0.1, -0.05) is 11.6 Å². The van der Waals surface area contributed by atoms with Gasteiger partial charge in [0.2, 0.25) is 15.9 Å². The smallest absolute Gasteiger partial charge is 0.326 e. The van der Waals surface area contributed by atoms with Crippen molar-refractivity contribution in [1.29, 1.82) is 5.26 Å². The van der Waals surface area contributed by atoms with Gasteiger partial charge >= 0.3 is 6.18 Å². The lowest BCUT2D eigenvalue weighted by Crippen LogP contribution is -2.18. The second-order valence-electron chi connectivity index (χ2n) is 6.54. The number of hydrogen-bond acceptors (Lipinski definition) is 5. The molecule has 32 heavy (non-hydrogen) atoms. The molecule has 3 rings (SSSR count). The summed E-state index contributed by atoms with van der Waals surface area (Å²) < 4.78 is 63.3. The first-order chi connectivity index (χ1) is 14.9. The minimum atomic E-state index is -4.67. The van der Waals surface area contributed by atoms with Gasteiger partial charge in [-0.05, 0) is 42.0 Å². The number of carbonyl (C=O) groups excluding carboxylic acids is 1. The molecule has 3 N–H and O–H groups in total. The Morgan fingerprint density at radius 1 is 1.25 bits per heavy atom. The molecule has 0 fully saturated rings. The molecule has 0 bridgehead atoms. The van der Waals surface area contributed by atoms with Crippen LogP contribution < -0.4 is 10.5 Å². The summed E-state index contributed by atoms with van der Waals surface area (Å²) in [5, 5.41) is 20.5. The molecule has 0 aliphatic carbocycles. The van der Waals surface area contributed by atoms with Gasteiger partial charge in [0.05, 0.1) is 35.5 Å². The summed E-state index contributed by atoms with van der Waals surface area (Å²) in [5.74, 6) is -0.575. The van der Waals surface area contributed by atoms with Crippen LogP contribution in [0, 0.1) is 11.3 Å². The van der Waals surface area contributed by atoms with Crippen molar-refractivity contribution in [1.82, 2.24) is 9.78 Å². The Hall–Kier alpha value is -3.40. The number of anilines is 1. The van der Waals surface area contributed by atoms with Gasteiger partial charge in [0.1, 0.15) is 4.90 Å². The monoisotopic (exact) mass is 483 g/mol. The molecule has 13 heteroatoms. The fourth-order valence-corrected chi connectivity index (χ4v) is 3.70. The van der Waals surface area contributed by atoms with Crippen molar-refractivity contribution in [3.63, 3.8) is 0 Å². The lowest BCUT2D eigenvalue weighted by molar-refractivity contribution is -0.137. The van der Waals surface area contributed by atoms with Gasteiger partial charge in [0, 0.05) is 16.9 Å². The summed E-state index contributed by atoms with van der Waals surface area (Å²) in [4.78, 5) is 11.8. The number of hydrogen-bond donors (Lipinski definition) is 2. The van der Waals surface area contributed by atoms with Crippen LogP contribution in [0.15, 0.2) is 53.7 Å². The molecule has 0 saturated carbocycles. The third kappa shape index (κ3) is 5.25. The first kappa shape index (κ1) is 23.3. The molecule has 1 amide bonds. The Balaban J connectivity index is 1.90. The molecule has 1 aromatic heterocycles. The van der Waals surface area contributed by atoms with Crippen LogP contribution >= 0.6 is 11.6 Å². The summed E-state index contributed by atoms with van der Waals surface area (Å²) in [7, 11) is -4.39. The van der Waals surface area contributed by atoms with Gasteiger partial charge < -0.3 is 5.32 Å². The molecule has 1 heterocycles. The highest BCUT2D eigenvalue weighted by Crippen LogP contribution is 2.30.